The van der Waals surface area contributed by atoms with Crippen LogP contribution in [0.2, 0.25) is 0 Å². The summed E-state index contributed by atoms with van der Waals surface area (Å²) in [6.45, 7) is 4.68. The number of benzene rings is 2. The van der Waals surface area contributed by atoms with Crippen LogP contribution in [0, 0.1) is 6.92 Å². The molecule has 0 saturated heterocycles. The van der Waals surface area contributed by atoms with Crippen LogP contribution in [0.4, 0.5) is 10.5 Å². The SMILES string of the molecule is CCc1ccc(CN(C)C(=O)Nc2ccc(Sc3ncccn3)cc2C)cc1. The van der Waals surface area contributed by atoms with E-state index in [4.69, 9.17) is 0 Å². The molecule has 0 aliphatic rings. The van der Waals surface area contributed by atoms with Gasteiger partial charge in [-0.2, -0.15) is 0 Å². The maximum Gasteiger partial charge on any atom is 0.321 e. The quantitative estimate of drug-likeness (QED) is 0.589. The lowest BCUT2D eigenvalue weighted by Gasteiger charge is -2.19. The van der Waals surface area contributed by atoms with Crippen molar-refractivity contribution in [1.82, 2.24) is 14.9 Å². The number of nitrogens with zero attached hydrogens (tertiary/aromatic N) is 3. The first-order valence-electron chi connectivity index (χ1n) is 9.20. The second-order valence-electron chi connectivity index (χ2n) is 6.57. The first kappa shape index (κ1) is 19.9. The van der Waals surface area contributed by atoms with E-state index in [0.29, 0.717) is 11.7 Å². The van der Waals surface area contributed by atoms with Gasteiger partial charge in [-0.15, -0.1) is 0 Å². The van der Waals surface area contributed by atoms with Crippen molar-refractivity contribution in [2.75, 3.05) is 12.4 Å². The summed E-state index contributed by atoms with van der Waals surface area (Å²) in [6, 6.07) is 15.9. The van der Waals surface area contributed by atoms with Crippen LogP contribution in [-0.2, 0) is 13.0 Å². The van der Waals surface area contributed by atoms with Crippen molar-refractivity contribution in [3.05, 3.63) is 77.6 Å². The first-order valence-corrected chi connectivity index (χ1v) is 10.0. The molecule has 1 N–H and O–H groups in total. The molecule has 2 amide bonds. The summed E-state index contributed by atoms with van der Waals surface area (Å²) < 4.78 is 0. The maximum absolute atomic E-state index is 12.6. The molecular formula is C22H24N4OS. The van der Waals surface area contributed by atoms with Gasteiger partial charge in [-0.25, -0.2) is 14.8 Å². The number of hydrogen-bond donors (Lipinski definition) is 1. The van der Waals surface area contributed by atoms with Crippen LogP contribution in [-0.4, -0.2) is 27.9 Å². The van der Waals surface area contributed by atoms with Gasteiger partial charge in [0.2, 0.25) is 0 Å². The lowest BCUT2D eigenvalue weighted by atomic mass is 10.1. The largest absolute Gasteiger partial charge is 0.323 e. The van der Waals surface area contributed by atoms with Crippen molar-refractivity contribution in [3.8, 4) is 0 Å². The van der Waals surface area contributed by atoms with Gasteiger partial charge in [0.05, 0.1) is 0 Å². The third-order valence-corrected chi connectivity index (χ3v) is 5.27. The molecule has 0 atom stereocenters. The van der Waals surface area contributed by atoms with Gasteiger partial charge in [-0.1, -0.05) is 31.2 Å². The molecule has 28 heavy (non-hydrogen) atoms. The predicted molar refractivity (Wildman–Crippen MR) is 114 cm³/mol. The number of aromatic nitrogens is 2. The normalized spacial score (nSPS) is 10.5. The van der Waals surface area contributed by atoms with Gasteiger partial charge in [0.25, 0.3) is 0 Å². The Balaban J connectivity index is 1.61. The van der Waals surface area contributed by atoms with E-state index in [0.717, 1.165) is 28.1 Å². The highest BCUT2D eigenvalue weighted by molar-refractivity contribution is 7.99. The molecule has 144 valence electrons. The first-order chi connectivity index (χ1) is 13.5. The fourth-order valence-corrected chi connectivity index (χ4v) is 3.53. The van der Waals surface area contributed by atoms with Gasteiger partial charge in [0, 0.05) is 36.6 Å². The van der Waals surface area contributed by atoms with E-state index in [2.05, 4.69) is 46.5 Å². The average molecular weight is 393 g/mol. The number of carbonyl (C=O) groups is 1. The number of amides is 2. The molecule has 0 radical (unpaired) electrons. The van der Waals surface area contributed by atoms with Crippen LogP contribution in [0.5, 0.6) is 0 Å². The van der Waals surface area contributed by atoms with E-state index >= 15 is 0 Å². The second-order valence-corrected chi connectivity index (χ2v) is 7.61. The summed E-state index contributed by atoms with van der Waals surface area (Å²) in [5.74, 6) is 0. The van der Waals surface area contributed by atoms with Crippen LogP contribution in [0.15, 0.2) is 71.0 Å². The Morgan fingerprint density at radius 1 is 1.07 bits per heavy atom. The molecular weight excluding hydrogens is 368 g/mol. The van der Waals surface area contributed by atoms with Crippen molar-refractivity contribution in [1.29, 1.82) is 0 Å². The van der Waals surface area contributed by atoms with Crippen molar-refractivity contribution in [2.24, 2.45) is 0 Å². The van der Waals surface area contributed by atoms with Crippen LogP contribution in [0.25, 0.3) is 0 Å². The van der Waals surface area contributed by atoms with Crippen molar-refractivity contribution in [2.45, 2.75) is 36.9 Å². The monoisotopic (exact) mass is 392 g/mol. The van der Waals surface area contributed by atoms with Crippen molar-refractivity contribution >= 4 is 23.5 Å². The Hall–Kier alpha value is -2.86. The van der Waals surface area contributed by atoms with E-state index < -0.39 is 0 Å². The minimum Gasteiger partial charge on any atom is -0.323 e. The highest BCUT2D eigenvalue weighted by Crippen LogP contribution is 2.28. The Morgan fingerprint density at radius 3 is 2.39 bits per heavy atom. The number of rotatable bonds is 6. The van der Waals surface area contributed by atoms with Crippen molar-refractivity contribution in [3.63, 3.8) is 0 Å². The topological polar surface area (TPSA) is 58.1 Å². The summed E-state index contributed by atoms with van der Waals surface area (Å²) in [6.07, 6.45) is 4.46. The number of carbonyl (C=O) groups excluding carboxylic acids is 1. The lowest BCUT2D eigenvalue weighted by Crippen LogP contribution is -2.31. The van der Waals surface area contributed by atoms with Gasteiger partial charge in [-0.3, -0.25) is 0 Å². The number of anilines is 1. The van der Waals surface area contributed by atoms with E-state index in [1.807, 2.05) is 25.1 Å². The standard InChI is InChI=1S/C22H24N4OS/c1-4-17-6-8-18(9-7-17)15-26(3)22(27)25-20-11-10-19(14-16(20)2)28-21-23-12-5-13-24-21/h5-14H,4,15H2,1-3H3,(H,25,27). The third-order valence-electron chi connectivity index (χ3n) is 4.39. The van der Waals surface area contributed by atoms with Gasteiger partial charge in [0.1, 0.15) is 0 Å². The third kappa shape index (κ3) is 5.33. The Morgan fingerprint density at radius 2 is 1.75 bits per heavy atom. The molecule has 5 nitrogen and oxygen atoms in total. The van der Waals surface area contributed by atoms with Gasteiger partial charge in [-0.05, 0) is 66.1 Å². The highest BCUT2D eigenvalue weighted by atomic mass is 32.2. The minimum absolute atomic E-state index is 0.130. The van der Waals surface area contributed by atoms with E-state index in [1.54, 1.807) is 30.4 Å². The zero-order valence-corrected chi connectivity index (χ0v) is 17.2. The molecule has 3 rings (SSSR count). The fraction of sp³-hybridized carbons (Fsp3) is 0.227. The number of hydrogen-bond acceptors (Lipinski definition) is 4. The molecule has 3 aromatic rings. The predicted octanol–water partition coefficient (Wildman–Crippen LogP) is 5.16. The van der Waals surface area contributed by atoms with Crippen LogP contribution in [0.3, 0.4) is 0 Å². The zero-order valence-electron chi connectivity index (χ0n) is 16.3. The molecule has 0 spiro atoms. The summed E-state index contributed by atoms with van der Waals surface area (Å²) in [5.41, 5.74) is 4.21. The molecule has 2 aromatic carbocycles. The van der Waals surface area contributed by atoms with Gasteiger partial charge < -0.3 is 10.2 Å². The lowest BCUT2D eigenvalue weighted by molar-refractivity contribution is 0.220. The molecule has 0 bridgehead atoms. The highest BCUT2D eigenvalue weighted by Gasteiger charge is 2.11. The average Bonchev–Trinajstić information content (AvgIpc) is 2.71. The Bertz CT molecular complexity index is 929. The Kier molecular flexibility index (Phi) is 6.66. The fourth-order valence-electron chi connectivity index (χ4n) is 2.72. The molecule has 6 heteroatoms. The molecule has 0 saturated carbocycles. The maximum atomic E-state index is 12.6. The van der Waals surface area contributed by atoms with Crippen LogP contribution < -0.4 is 5.32 Å². The van der Waals surface area contributed by atoms with Gasteiger partial charge >= 0.3 is 6.03 Å². The second kappa shape index (κ2) is 9.37. The smallest absolute Gasteiger partial charge is 0.321 e. The molecule has 0 aliphatic carbocycles. The van der Waals surface area contributed by atoms with Crippen molar-refractivity contribution < 1.29 is 4.79 Å². The molecule has 0 unspecified atom stereocenters. The molecule has 0 aliphatic heterocycles. The Labute approximate surface area is 170 Å². The van der Waals surface area contributed by atoms with Crippen LogP contribution >= 0.6 is 11.8 Å². The summed E-state index contributed by atoms with van der Waals surface area (Å²) in [4.78, 5) is 23.7. The van der Waals surface area contributed by atoms with E-state index in [1.165, 1.54) is 17.3 Å². The minimum atomic E-state index is -0.130. The molecule has 0 fully saturated rings. The molecule has 1 heterocycles. The van der Waals surface area contributed by atoms with E-state index in [9.17, 15) is 4.79 Å². The summed E-state index contributed by atoms with van der Waals surface area (Å²) >= 11 is 1.50. The zero-order chi connectivity index (χ0) is 19.9. The number of nitrogens with one attached hydrogen (secondary N) is 1. The van der Waals surface area contributed by atoms with Crippen LogP contribution in [0.1, 0.15) is 23.6 Å². The van der Waals surface area contributed by atoms with Gasteiger partial charge in [0.15, 0.2) is 5.16 Å². The summed E-state index contributed by atoms with van der Waals surface area (Å²) in [7, 11) is 1.80. The summed E-state index contributed by atoms with van der Waals surface area (Å²) in [5, 5.41) is 3.69. The number of aryl methyl sites for hydroxylation is 2. The molecule has 1 aromatic heterocycles. The number of urea groups is 1. The van der Waals surface area contributed by atoms with E-state index in [-0.39, 0.29) is 6.03 Å².